The van der Waals surface area contributed by atoms with Crippen LogP contribution in [-0.4, -0.2) is 23.5 Å². The lowest BCUT2D eigenvalue weighted by Crippen LogP contribution is -2.27. The molecule has 0 atom stereocenters. The summed E-state index contributed by atoms with van der Waals surface area (Å²) in [4.78, 5) is 6.70. The maximum absolute atomic E-state index is 5.89. The van der Waals surface area contributed by atoms with Crippen LogP contribution < -0.4 is 0 Å². The van der Waals surface area contributed by atoms with Crippen LogP contribution in [0.3, 0.4) is 0 Å². The van der Waals surface area contributed by atoms with Crippen molar-refractivity contribution in [2.75, 3.05) is 13.6 Å². The molecule has 1 fully saturated rings. The van der Waals surface area contributed by atoms with Crippen LogP contribution in [-0.2, 0) is 6.54 Å². The van der Waals surface area contributed by atoms with E-state index in [2.05, 4.69) is 16.9 Å². The van der Waals surface area contributed by atoms with E-state index in [9.17, 15) is 0 Å². The van der Waals surface area contributed by atoms with Crippen molar-refractivity contribution in [3.05, 3.63) is 29.0 Å². The number of hydrogen-bond donors (Lipinski definition) is 0. The fraction of sp³-hybridized carbons (Fsp3) is 0.643. The average molecular weight is 253 g/mol. The second-order valence-electron chi connectivity index (χ2n) is 5.15. The van der Waals surface area contributed by atoms with Crippen LogP contribution in [0.25, 0.3) is 0 Å². The quantitative estimate of drug-likeness (QED) is 0.759. The van der Waals surface area contributed by atoms with Crippen molar-refractivity contribution in [3.8, 4) is 0 Å². The first-order chi connectivity index (χ1) is 8.24. The monoisotopic (exact) mass is 252 g/mol. The number of halogens is 1. The second kappa shape index (κ2) is 6.36. The Balaban J connectivity index is 1.82. The number of pyridine rings is 1. The molecule has 2 rings (SSSR count). The Bertz CT molecular complexity index is 348. The number of rotatable bonds is 4. The minimum Gasteiger partial charge on any atom is -0.300 e. The van der Waals surface area contributed by atoms with Crippen molar-refractivity contribution in [2.24, 2.45) is 5.92 Å². The maximum Gasteiger partial charge on any atom is 0.129 e. The van der Waals surface area contributed by atoms with E-state index < -0.39 is 0 Å². The van der Waals surface area contributed by atoms with Crippen LogP contribution in [0.4, 0.5) is 0 Å². The highest BCUT2D eigenvalue weighted by atomic mass is 35.5. The molecule has 0 spiro atoms. The molecule has 1 saturated carbocycles. The van der Waals surface area contributed by atoms with Gasteiger partial charge >= 0.3 is 0 Å². The van der Waals surface area contributed by atoms with Crippen molar-refractivity contribution >= 4 is 11.6 Å². The molecule has 0 amide bonds. The molecule has 3 heteroatoms. The molecule has 0 bridgehead atoms. The highest BCUT2D eigenvalue weighted by Gasteiger charge is 2.15. The first-order valence-electron chi connectivity index (χ1n) is 6.54. The van der Waals surface area contributed by atoms with Gasteiger partial charge in [-0.1, -0.05) is 36.9 Å². The predicted octanol–water partition coefficient (Wildman–Crippen LogP) is 3.75. The molecule has 17 heavy (non-hydrogen) atoms. The summed E-state index contributed by atoms with van der Waals surface area (Å²) in [5.74, 6) is 0.882. The van der Waals surface area contributed by atoms with Gasteiger partial charge in [0, 0.05) is 13.1 Å². The van der Waals surface area contributed by atoms with Gasteiger partial charge in [-0.15, -0.1) is 0 Å². The largest absolute Gasteiger partial charge is 0.300 e. The van der Waals surface area contributed by atoms with E-state index in [1.807, 2.05) is 18.2 Å². The van der Waals surface area contributed by atoms with Gasteiger partial charge in [0.1, 0.15) is 5.15 Å². The number of aromatic nitrogens is 1. The lowest BCUT2D eigenvalue weighted by Gasteiger charge is -2.26. The van der Waals surface area contributed by atoms with Crippen LogP contribution in [0.5, 0.6) is 0 Å². The molecular formula is C14H21ClN2. The highest BCUT2D eigenvalue weighted by Crippen LogP contribution is 2.24. The zero-order valence-electron chi connectivity index (χ0n) is 10.5. The third kappa shape index (κ3) is 4.29. The Morgan fingerprint density at radius 3 is 2.76 bits per heavy atom. The van der Waals surface area contributed by atoms with E-state index in [1.165, 1.54) is 38.6 Å². The standard InChI is InChI=1S/C14H21ClN2/c1-17(10-12-6-3-2-4-7-12)11-13-8-5-9-14(15)16-13/h5,8-9,12H,2-4,6-7,10-11H2,1H3. The van der Waals surface area contributed by atoms with Crippen molar-refractivity contribution in [3.63, 3.8) is 0 Å². The molecular weight excluding hydrogens is 232 g/mol. The van der Waals surface area contributed by atoms with Crippen LogP contribution in [0.1, 0.15) is 37.8 Å². The van der Waals surface area contributed by atoms with Crippen molar-refractivity contribution in [1.29, 1.82) is 0 Å². The molecule has 2 nitrogen and oxygen atoms in total. The molecule has 94 valence electrons. The molecule has 1 aromatic heterocycles. The van der Waals surface area contributed by atoms with E-state index in [0.717, 1.165) is 18.2 Å². The topological polar surface area (TPSA) is 16.1 Å². The molecule has 0 N–H and O–H groups in total. The molecule has 1 heterocycles. The summed E-state index contributed by atoms with van der Waals surface area (Å²) in [6.45, 7) is 2.09. The molecule has 1 aliphatic rings. The minimum absolute atomic E-state index is 0.591. The van der Waals surface area contributed by atoms with E-state index in [4.69, 9.17) is 11.6 Å². The fourth-order valence-electron chi connectivity index (χ4n) is 2.69. The van der Waals surface area contributed by atoms with Gasteiger partial charge in [0.2, 0.25) is 0 Å². The van der Waals surface area contributed by atoms with Gasteiger partial charge in [0.15, 0.2) is 0 Å². The minimum atomic E-state index is 0.591. The first-order valence-corrected chi connectivity index (χ1v) is 6.92. The van der Waals surface area contributed by atoms with Crippen LogP contribution in [0, 0.1) is 5.92 Å². The van der Waals surface area contributed by atoms with E-state index in [0.29, 0.717) is 5.15 Å². The average Bonchev–Trinajstić information content (AvgIpc) is 2.30. The van der Waals surface area contributed by atoms with Crippen molar-refractivity contribution in [1.82, 2.24) is 9.88 Å². The molecule has 0 aromatic carbocycles. The van der Waals surface area contributed by atoms with Crippen molar-refractivity contribution < 1.29 is 0 Å². The lowest BCUT2D eigenvalue weighted by atomic mass is 9.89. The third-order valence-electron chi connectivity index (χ3n) is 3.50. The van der Waals surface area contributed by atoms with Gasteiger partial charge in [0.25, 0.3) is 0 Å². The van der Waals surface area contributed by atoms with Gasteiger partial charge < -0.3 is 4.90 Å². The summed E-state index contributed by atoms with van der Waals surface area (Å²) in [5.41, 5.74) is 1.07. The summed E-state index contributed by atoms with van der Waals surface area (Å²) in [6.07, 6.45) is 7.04. The fourth-order valence-corrected chi connectivity index (χ4v) is 2.87. The van der Waals surface area contributed by atoms with Gasteiger partial charge in [-0.05, 0) is 37.9 Å². The SMILES string of the molecule is CN(Cc1cccc(Cl)n1)CC1CCCCC1. The first kappa shape index (κ1) is 12.8. The Labute approximate surface area is 109 Å². The van der Waals surface area contributed by atoms with Crippen LogP contribution >= 0.6 is 11.6 Å². The molecule has 1 aliphatic carbocycles. The number of hydrogen-bond acceptors (Lipinski definition) is 2. The van der Waals surface area contributed by atoms with Crippen LogP contribution in [0.2, 0.25) is 5.15 Å². The lowest BCUT2D eigenvalue weighted by molar-refractivity contribution is 0.226. The zero-order chi connectivity index (χ0) is 12.1. The van der Waals surface area contributed by atoms with E-state index >= 15 is 0 Å². The Morgan fingerprint density at radius 1 is 1.29 bits per heavy atom. The summed E-state index contributed by atoms with van der Waals surface area (Å²) >= 11 is 5.89. The van der Waals surface area contributed by atoms with Gasteiger partial charge in [-0.3, -0.25) is 0 Å². The van der Waals surface area contributed by atoms with E-state index in [-0.39, 0.29) is 0 Å². The summed E-state index contributed by atoms with van der Waals surface area (Å²) in [5, 5.41) is 0.591. The van der Waals surface area contributed by atoms with Gasteiger partial charge in [-0.25, -0.2) is 4.98 Å². The van der Waals surface area contributed by atoms with Gasteiger partial charge in [-0.2, -0.15) is 0 Å². The Kier molecular flexibility index (Phi) is 4.81. The Hall–Kier alpha value is -0.600. The second-order valence-corrected chi connectivity index (χ2v) is 5.54. The summed E-state index contributed by atoms with van der Waals surface area (Å²) in [6, 6.07) is 5.84. The van der Waals surface area contributed by atoms with Gasteiger partial charge in [0.05, 0.1) is 5.69 Å². The zero-order valence-corrected chi connectivity index (χ0v) is 11.3. The maximum atomic E-state index is 5.89. The molecule has 0 unspecified atom stereocenters. The molecule has 0 radical (unpaired) electrons. The number of nitrogens with zero attached hydrogens (tertiary/aromatic N) is 2. The van der Waals surface area contributed by atoms with Crippen molar-refractivity contribution in [2.45, 2.75) is 38.6 Å². The molecule has 1 aromatic rings. The van der Waals surface area contributed by atoms with Crippen LogP contribution in [0.15, 0.2) is 18.2 Å². The summed E-state index contributed by atoms with van der Waals surface area (Å²) in [7, 11) is 2.18. The highest BCUT2D eigenvalue weighted by molar-refractivity contribution is 6.29. The molecule has 0 aliphatic heterocycles. The third-order valence-corrected chi connectivity index (χ3v) is 3.71. The summed E-state index contributed by atoms with van der Waals surface area (Å²) < 4.78 is 0. The Morgan fingerprint density at radius 2 is 2.06 bits per heavy atom. The molecule has 0 saturated heterocycles. The predicted molar refractivity (Wildman–Crippen MR) is 72.2 cm³/mol. The normalized spacial score (nSPS) is 17.6. The van der Waals surface area contributed by atoms with E-state index in [1.54, 1.807) is 0 Å². The smallest absolute Gasteiger partial charge is 0.129 e.